The summed E-state index contributed by atoms with van der Waals surface area (Å²) in [5, 5.41) is 6.83. The van der Waals surface area contributed by atoms with Crippen LogP contribution in [0.5, 0.6) is 5.75 Å². The van der Waals surface area contributed by atoms with Crippen LogP contribution in [0.2, 0.25) is 0 Å². The van der Waals surface area contributed by atoms with Crippen molar-refractivity contribution in [2.75, 3.05) is 79.9 Å². The van der Waals surface area contributed by atoms with Crippen LogP contribution in [0, 0.1) is 0 Å². The first kappa shape index (κ1) is 33.2. The topological polar surface area (TPSA) is 141 Å². The fourth-order valence-corrected chi connectivity index (χ4v) is 7.62. The second kappa shape index (κ2) is 13.9. The Morgan fingerprint density at radius 2 is 1.67 bits per heavy atom. The van der Waals surface area contributed by atoms with Crippen LogP contribution in [0.1, 0.15) is 49.7 Å². The summed E-state index contributed by atoms with van der Waals surface area (Å²) in [6.07, 6.45) is 11.4. The van der Waals surface area contributed by atoms with Crippen molar-refractivity contribution in [3.8, 4) is 5.75 Å². The third-order valence-corrected chi connectivity index (χ3v) is 10.5. The van der Waals surface area contributed by atoms with E-state index in [0.29, 0.717) is 46.1 Å². The van der Waals surface area contributed by atoms with Gasteiger partial charge in [0.25, 0.3) is 0 Å². The van der Waals surface area contributed by atoms with Crippen LogP contribution in [0.15, 0.2) is 42.9 Å². The first-order valence-corrected chi connectivity index (χ1v) is 19.1. The summed E-state index contributed by atoms with van der Waals surface area (Å²) in [6, 6.07) is 8.55. The minimum Gasteiger partial charge on any atom is -0.494 e. The normalized spacial score (nSPS) is 18.1. The van der Waals surface area contributed by atoms with E-state index in [4.69, 9.17) is 14.7 Å². The van der Waals surface area contributed by atoms with Crippen molar-refractivity contribution in [3.63, 3.8) is 0 Å². The number of ether oxygens (including phenoxy) is 1. The smallest absolute Gasteiger partial charge is 0.229 e. The van der Waals surface area contributed by atoms with E-state index in [0.717, 1.165) is 94.6 Å². The highest BCUT2D eigenvalue weighted by Gasteiger charge is 2.30. The largest absolute Gasteiger partial charge is 0.494 e. The number of nitrogens with zero attached hydrogens (tertiary/aromatic N) is 7. The third kappa shape index (κ3) is 7.51. The highest BCUT2D eigenvalue weighted by molar-refractivity contribution is 7.92. The minimum absolute atomic E-state index is 0.320. The van der Waals surface area contributed by atoms with Gasteiger partial charge in [0.1, 0.15) is 17.1 Å². The highest BCUT2D eigenvalue weighted by Crippen LogP contribution is 2.45. The number of aryl methyl sites for hydroxylation is 1. The lowest BCUT2D eigenvalue weighted by Crippen LogP contribution is -2.52. The van der Waals surface area contributed by atoms with Crippen LogP contribution in [0.3, 0.4) is 0 Å². The molecule has 2 saturated heterocycles. The molecule has 2 aliphatic heterocycles. The van der Waals surface area contributed by atoms with E-state index >= 15 is 0 Å². The van der Waals surface area contributed by atoms with Gasteiger partial charge in [0.05, 0.1) is 35.9 Å². The molecule has 2 aromatic carbocycles. The molecule has 1 aliphatic carbocycles. The average Bonchev–Trinajstić information content (AvgIpc) is 3.95. The van der Waals surface area contributed by atoms with Gasteiger partial charge in [-0.25, -0.2) is 13.4 Å². The molecule has 260 valence electrons. The Morgan fingerprint density at radius 3 is 2.37 bits per heavy atom. The van der Waals surface area contributed by atoms with Crippen molar-refractivity contribution in [3.05, 3.63) is 54.0 Å². The number of methoxy groups -OCH3 is 1. The molecule has 0 amide bonds. The van der Waals surface area contributed by atoms with Gasteiger partial charge in [0.2, 0.25) is 16.0 Å². The molecule has 0 bridgehead atoms. The van der Waals surface area contributed by atoms with Gasteiger partial charge in [-0.15, -0.1) is 0 Å². The molecular weight excluding hydrogens is 641 g/mol. The van der Waals surface area contributed by atoms with E-state index in [9.17, 15) is 8.42 Å². The quantitative estimate of drug-likeness (QED) is 0.197. The Bertz CT molecular complexity index is 1920. The molecule has 0 spiro atoms. The summed E-state index contributed by atoms with van der Waals surface area (Å²) in [7, 11) is 0.297. The van der Waals surface area contributed by atoms with Gasteiger partial charge < -0.3 is 25.2 Å². The van der Waals surface area contributed by atoms with Crippen molar-refractivity contribution in [1.29, 1.82) is 0 Å². The SMILES string of the molecule is CCc1cc(Nc2ncc(C3CC3)c(Nc3ccc4nccnc4c3NS(C)(=O)=O)n2)c(OC)cc1N1CCC(N2CCN(C)CC2)CC1. The molecule has 3 N–H and O–H groups in total. The van der Waals surface area contributed by atoms with E-state index in [1.54, 1.807) is 25.6 Å². The Morgan fingerprint density at radius 1 is 0.918 bits per heavy atom. The molecule has 3 fully saturated rings. The van der Waals surface area contributed by atoms with E-state index in [-0.39, 0.29) is 0 Å². The minimum atomic E-state index is -3.61. The van der Waals surface area contributed by atoms with Crippen LogP contribution >= 0.6 is 0 Å². The zero-order valence-electron chi connectivity index (χ0n) is 28.7. The Hall–Kier alpha value is -4.27. The van der Waals surface area contributed by atoms with Crippen molar-refractivity contribution in [1.82, 2.24) is 29.7 Å². The summed E-state index contributed by atoms with van der Waals surface area (Å²) >= 11 is 0. The number of fused-ring (bicyclic) bond motifs is 1. The molecule has 49 heavy (non-hydrogen) atoms. The molecule has 2 aromatic heterocycles. The number of anilines is 6. The molecule has 1 saturated carbocycles. The Kier molecular flexibility index (Phi) is 9.44. The molecule has 13 nitrogen and oxygen atoms in total. The van der Waals surface area contributed by atoms with Crippen LogP contribution < -0.4 is 25.0 Å². The van der Waals surface area contributed by atoms with Crippen molar-refractivity contribution >= 4 is 55.6 Å². The predicted octanol–water partition coefficient (Wildman–Crippen LogP) is 4.94. The fourth-order valence-electron chi connectivity index (χ4n) is 7.04. The molecule has 4 heterocycles. The third-order valence-electron chi connectivity index (χ3n) is 9.90. The first-order valence-electron chi connectivity index (χ1n) is 17.2. The molecule has 7 rings (SSSR count). The second-order valence-corrected chi connectivity index (χ2v) is 15.1. The fraction of sp³-hybridized carbons (Fsp3) is 0.486. The first-order chi connectivity index (χ1) is 23.7. The van der Waals surface area contributed by atoms with Gasteiger partial charge in [-0.3, -0.25) is 19.6 Å². The predicted molar refractivity (Wildman–Crippen MR) is 195 cm³/mol. The molecule has 14 heteroatoms. The van der Waals surface area contributed by atoms with Gasteiger partial charge >= 0.3 is 0 Å². The zero-order valence-corrected chi connectivity index (χ0v) is 29.6. The standard InChI is InChI=1S/C35H46N10O3S/c1-5-23-20-29(31(48-3)21-30(23)45-14-10-25(11-15-45)44-18-16-43(2)17-19-44)40-35-38-22-26(24-6-7-24)34(41-35)39-28-9-8-27-32(37-13-12-36-27)33(28)42-49(4,46)47/h8-9,12-13,20-22,24-25,42H,5-7,10-11,14-19H2,1-4H3,(H2,38,39,40,41). The van der Waals surface area contributed by atoms with Crippen LogP contribution in [0.4, 0.5) is 34.5 Å². The lowest BCUT2D eigenvalue weighted by molar-refractivity contribution is 0.0982. The number of likely N-dealkylation sites (N-methyl/N-ethyl adjacent to an activating group) is 1. The molecule has 0 radical (unpaired) electrons. The van der Waals surface area contributed by atoms with Crippen molar-refractivity contribution in [2.24, 2.45) is 0 Å². The van der Waals surface area contributed by atoms with Gasteiger partial charge in [0, 0.05) is 81.2 Å². The summed E-state index contributed by atoms with van der Waals surface area (Å²) in [5.41, 5.74) is 6.10. The monoisotopic (exact) mass is 686 g/mol. The van der Waals surface area contributed by atoms with Gasteiger partial charge in [-0.2, -0.15) is 4.98 Å². The highest BCUT2D eigenvalue weighted by atomic mass is 32.2. The molecule has 4 aromatic rings. The summed E-state index contributed by atoms with van der Waals surface area (Å²) in [6.45, 7) is 8.85. The summed E-state index contributed by atoms with van der Waals surface area (Å²) in [4.78, 5) is 26.0. The van der Waals surface area contributed by atoms with Crippen LogP contribution in [-0.4, -0.2) is 104 Å². The van der Waals surface area contributed by atoms with Crippen LogP contribution in [0.25, 0.3) is 11.0 Å². The number of hydrogen-bond acceptors (Lipinski definition) is 12. The average molecular weight is 687 g/mol. The lowest BCUT2D eigenvalue weighted by Gasteiger charge is -2.43. The Balaban J connectivity index is 1.14. The number of benzene rings is 2. The van der Waals surface area contributed by atoms with Crippen LogP contribution in [-0.2, 0) is 16.4 Å². The van der Waals surface area contributed by atoms with Crippen molar-refractivity contribution < 1.29 is 13.2 Å². The van der Waals surface area contributed by atoms with E-state index in [1.807, 2.05) is 12.3 Å². The number of rotatable bonds is 11. The molecular formula is C35H46N10O3S. The number of piperazine rings is 1. The van der Waals surface area contributed by atoms with Crippen molar-refractivity contribution in [2.45, 2.75) is 51.0 Å². The van der Waals surface area contributed by atoms with Gasteiger partial charge in [0.15, 0.2) is 0 Å². The molecule has 0 atom stereocenters. The number of aromatic nitrogens is 4. The van der Waals surface area contributed by atoms with E-state index in [2.05, 4.69) is 66.1 Å². The summed E-state index contributed by atoms with van der Waals surface area (Å²) in [5.74, 6) is 2.08. The van der Waals surface area contributed by atoms with Gasteiger partial charge in [-0.05, 0) is 68.8 Å². The lowest BCUT2D eigenvalue weighted by atomic mass is 9.99. The van der Waals surface area contributed by atoms with Gasteiger partial charge in [-0.1, -0.05) is 6.92 Å². The summed E-state index contributed by atoms with van der Waals surface area (Å²) < 4.78 is 33.3. The molecule has 0 unspecified atom stereocenters. The maximum Gasteiger partial charge on any atom is 0.229 e. The number of piperidine rings is 1. The zero-order chi connectivity index (χ0) is 34.1. The molecule has 3 aliphatic rings. The number of hydrogen-bond donors (Lipinski definition) is 3. The maximum absolute atomic E-state index is 12.4. The number of sulfonamides is 1. The van der Waals surface area contributed by atoms with E-state index < -0.39 is 10.0 Å². The van der Waals surface area contributed by atoms with E-state index in [1.165, 1.54) is 11.3 Å². The number of nitrogens with one attached hydrogen (secondary N) is 3. The Labute approximate surface area is 288 Å². The maximum atomic E-state index is 12.4. The second-order valence-electron chi connectivity index (χ2n) is 13.4.